The number of hydrogen-bond acceptors (Lipinski definition) is 3. The van der Waals surface area contributed by atoms with Gasteiger partial charge in [-0.25, -0.2) is 0 Å². The zero-order valence-electron chi connectivity index (χ0n) is 10.8. The maximum absolute atomic E-state index is 11.2. The number of aromatic nitrogens is 3. The molecule has 2 rings (SSSR count). The third-order valence-electron chi connectivity index (χ3n) is 2.87. The lowest BCUT2D eigenvalue weighted by atomic mass is 10.1. The highest BCUT2D eigenvalue weighted by atomic mass is 16.1. The second-order valence-corrected chi connectivity index (χ2v) is 4.35. The fourth-order valence-corrected chi connectivity index (χ4v) is 1.74. The quantitative estimate of drug-likeness (QED) is 0.758. The summed E-state index contributed by atoms with van der Waals surface area (Å²) in [6.45, 7) is 4.61. The number of ketones is 1. The molecule has 0 fully saturated rings. The average Bonchev–Trinajstić information content (AvgIpc) is 2.85. The largest absolute Gasteiger partial charge is 0.295 e. The number of Topliss-reactive ketones (excluding diaryl/α,β-unsaturated/α-hetero) is 1. The molecule has 4 heteroatoms. The van der Waals surface area contributed by atoms with E-state index < -0.39 is 0 Å². The number of aryl methyl sites for hydroxylation is 1. The summed E-state index contributed by atoms with van der Waals surface area (Å²) in [6.07, 6.45) is 4.19. The summed E-state index contributed by atoms with van der Waals surface area (Å²) >= 11 is 0. The fraction of sp³-hybridized carbons (Fsp3) is 0.357. The molecular formula is C14H17N3O. The van der Waals surface area contributed by atoms with Crippen molar-refractivity contribution in [3.63, 3.8) is 0 Å². The van der Waals surface area contributed by atoms with Crippen molar-refractivity contribution in [2.45, 2.75) is 33.2 Å². The normalized spacial score (nSPS) is 10.6. The lowest BCUT2D eigenvalue weighted by Crippen LogP contribution is -1.97. The van der Waals surface area contributed by atoms with E-state index in [1.54, 1.807) is 6.92 Å². The summed E-state index contributed by atoms with van der Waals surface area (Å²) in [7, 11) is 0. The first-order valence-corrected chi connectivity index (χ1v) is 6.22. The van der Waals surface area contributed by atoms with Gasteiger partial charge in [0.2, 0.25) is 0 Å². The molecule has 0 aliphatic heterocycles. The summed E-state index contributed by atoms with van der Waals surface area (Å²) in [4.78, 5) is 11.2. The molecular weight excluding hydrogens is 226 g/mol. The van der Waals surface area contributed by atoms with E-state index in [9.17, 15) is 4.79 Å². The maximum atomic E-state index is 11.2. The van der Waals surface area contributed by atoms with Crippen LogP contribution in [0.3, 0.4) is 0 Å². The van der Waals surface area contributed by atoms with E-state index in [0.717, 1.165) is 36.2 Å². The van der Waals surface area contributed by atoms with E-state index in [1.165, 1.54) is 0 Å². The van der Waals surface area contributed by atoms with Gasteiger partial charge in [0.15, 0.2) is 5.78 Å². The van der Waals surface area contributed by atoms with E-state index in [0.29, 0.717) is 0 Å². The van der Waals surface area contributed by atoms with Crippen LogP contribution in [0.1, 0.15) is 37.0 Å². The molecule has 2 aromatic rings. The van der Waals surface area contributed by atoms with Gasteiger partial charge in [0.05, 0.1) is 6.20 Å². The van der Waals surface area contributed by atoms with E-state index in [4.69, 9.17) is 0 Å². The summed E-state index contributed by atoms with van der Waals surface area (Å²) in [6, 6.07) is 7.46. The van der Waals surface area contributed by atoms with Gasteiger partial charge in [-0.1, -0.05) is 42.8 Å². The molecule has 0 unspecified atom stereocenters. The van der Waals surface area contributed by atoms with Gasteiger partial charge in [0.1, 0.15) is 5.69 Å². The number of hydrogen-bond donors (Lipinski definition) is 0. The van der Waals surface area contributed by atoms with Crippen molar-refractivity contribution in [3.05, 3.63) is 36.0 Å². The van der Waals surface area contributed by atoms with Crippen LogP contribution in [0.25, 0.3) is 11.3 Å². The van der Waals surface area contributed by atoms with E-state index in [-0.39, 0.29) is 5.78 Å². The van der Waals surface area contributed by atoms with Crippen molar-refractivity contribution < 1.29 is 4.79 Å². The van der Waals surface area contributed by atoms with Crippen molar-refractivity contribution in [2.75, 3.05) is 0 Å². The third kappa shape index (κ3) is 2.83. The second kappa shape index (κ2) is 5.58. The van der Waals surface area contributed by atoms with Gasteiger partial charge in [-0.3, -0.25) is 9.48 Å². The number of benzene rings is 1. The summed E-state index contributed by atoms with van der Waals surface area (Å²) < 4.78 is 1.86. The van der Waals surface area contributed by atoms with Crippen LogP contribution in [0, 0.1) is 0 Å². The van der Waals surface area contributed by atoms with Gasteiger partial charge in [-0.05, 0) is 13.3 Å². The fourth-order valence-electron chi connectivity index (χ4n) is 1.74. The number of carbonyl (C=O) groups is 1. The molecule has 1 heterocycles. The van der Waals surface area contributed by atoms with E-state index in [2.05, 4.69) is 17.2 Å². The Kier molecular flexibility index (Phi) is 3.87. The minimum absolute atomic E-state index is 0.0770. The van der Waals surface area contributed by atoms with Crippen LogP contribution < -0.4 is 0 Å². The minimum atomic E-state index is 0.0770. The summed E-state index contributed by atoms with van der Waals surface area (Å²) in [5.41, 5.74) is 2.56. The van der Waals surface area contributed by atoms with Gasteiger partial charge in [0.25, 0.3) is 0 Å². The second-order valence-electron chi connectivity index (χ2n) is 4.35. The highest BCUT2D eigenvalue weighted by Crippen LogP contribution is 2.17. The van der Waals surface area contributed by atoms with Crippen LogP contribution in [-0.4, -0.2) is 20.8 Å². The predicted molar refractivity (Wildman–Crippen MR) is 70.4 cm³/mol. The molecule has 94 valence electrons. The van der Waals surface area contributed by atoms with Crippen LogP contribution in [0.15, 0.2) is 30.5 Å². The lowest BCUT2D eigenvalue weighted by molar-refractivity contribution is 0.101. The number of nitrogens with zero attached hydrogens (tertiary/aromatic N) is 3. The summed E-state index contributed by atoms with van der Waals surface area (Å²) in [5, 5.41) is 8.23. The molecule has 0 radical (unpaired) electrons. The van der Waals surface area contributed by atoms with Crippen LogP contribution in [0.5, 0.6) is 0 Å². The molecule has 4 nitrogen and oxygen atoms in total. The maximum Gasteiger partial charge on any atom is 0.159 e. The predicted octanol–water partition coefficient (Wildman–Crippen LogP) is 2.95. The van der Waals surface area contributed by atoms with Gasteiger partial charge >= 0.3 is 0 Å². The Morgan fingerprint density at radius 2 is 2.00 bits per heavy atom. The van der Waals surface area contributed by atoms with Crippen molar-refractivity contribution in [3.8, 4) is 11.3 Å². The first-order chi connectivity index (χ1) is 8.70. The Labute approximate surface area is 107 Å². The van der Waals surface area contributed by atoms with Crippen molar-refractivity contribution >= 4 is 5.78 Å². The van der Waals surface area contributed by atoms with E-state index in [1.807, 2.05) is 35.1 Å². The SMILES string of the molecule is CCCCn1cc(-c2ccc(C(C)=O)cc2)nn1. The Bertz CT molecular complexity index is 528. The topological polar surface area (TPSA) is 47.8 Å². The van der Waals surface area contributed by atoms with Crippen molar-refractivity contribution in [1.82, 2.24) is 15.0 Å². The Hall–Kier alpha value is -1.97. The Morgan fingerprint density at radius 1 is 1.28 bits per heavy atom. The molecule has 0 aliphatic carbocycles. The first kappa shape index (κ1) is 12.5. The molecule has 0 N–H and O–H groups in total. The third-order valence-corrected chi connectivity index (χ3v) is 2.87. The zero-order valence-corrected chi connectivity index (χ0v) is 10.8. The molecule has 0 saturated carbocycles. The first-order valence-electron chi connectivity index (χ1n) is 6.22. The molecule has 0 spiro atoms. The molecule has 0 amide bonds. The molecule has 0 saturated heterocycles. The highest BCUT2D eigenvalue weighted by Gasteiger charge is 2.05. The minimum Gasteiger partial charge on any atom is -0.295 e. The number of carbonyl (C=O) groups excluding carboxylic acids is 1. The average molecular weight is 243 g/mol. The smallest absolute Gasteiger partial charge is 0.159 e. The van der Waals surface area contributed by atoms with Gasteiger partial charge in [-0.15, -0.1) is 5.10 Å². The molecule has 0 atom stereocenters. The molecule has 1 aromatic heterocycles. The Morgan fingerprint density at radius 3 is 2.61 bits per heavy atom. The van der Waals surface area contributed by atoms with Crippen LogP contribution in [0.2, 0.25) is 0 Å². The molecule has 18 heavy (non-hydrogen) atoms. The van der Waals surface area contributed by atoms with Crippen molar-refractivity contribution in [2.24, 2.45) is 0 Å². The van der Waals surface area contributed by atoms with Crippen LogP contribution >= 0.6 is 0 Å². The van der Waals surface area contributed by atoms with Crippen LogP contribution in [-0.2, 0) is 6.54 Å². The number of rotatable bonds is 5. The van der Waals surface area contributed by atoms with E-state index >= 15 is 0 Å². The summed E-state index contributed by atoms with van der Waals surface area (Å²) in [5.74, 6) is 0.0770. The molecule has 0 aliphatic rings. The highest BCUT2D eigenvalue weighted by molar-refractivity contribution is 5.94. The van der Waals surface area contributed by atoms with Crippen LogP contribution in [0.4, 0.5) is 0 Å². The van der Waals surface area contributed by atoms with Gasteiger partial charge in [0, 0.05) is 17.7 Å². The molecule has 0 bridgehead atoms. The standard InChI is InChI=1S/C14H17N3O/c1-3-4-9-17-10-14(15-16-17)13-7-5-12(6-8-13)11(2)18/h5-8,10H,3-4,9H2,1-2H3. The lowest BCUT2D eigenvalue weighted by Gasteiger charge is -1.98. The van der Waals surface area contributed by atoms with Gasteiger partial charge < -0.3 is 0 Å². The van der Waals surface area contributed by atoms with Crippen molar-refractivity contribution in [1.29, 1.82) is 0 Å². The number of unbranched alkanes of at least 4 members (excludes halogenated alkanes) is 1. The Balaban J connectivity index is 2.15. The van der Waals surface area contributed by atoms with Gasteiger partial charge in [-0.2, -0.15) is 0 Å². The zero-order chi connectivity index (χ0) is 13.0. The molecule has 1 aromatic carbocycles. The monoisotopic (exact) mass is 243 g/mol.